The van der Waals surface area contributed by atoms with Crippen LogP contribution >= 0.6 is 15.9 Å². The largest absolute Gasteiger partial charge is 0.0880 e. The van der Waals surface area contributed by atoms with Gasteiger partial charge >= 0.3 is 0 Å². The minimum atomic E-state index is 0.688. The van der Waals surface area contributed by atoms with Crippen LogP contribution in [0, 0.1) is 5.92 Å². The van der Waals surface area contributed by atoms with Gasteiger partial charge in [-0.15, -0.1) is 0 Å². The van der Waals surface area contributed by atoms with Crippen molar-refractivity contribution in [3.8, 4) is 0 Å². The van der Waals surface area contributed by atoms with E-state index in [1.54, 1.807) is 0 Å². The lowest BCUT2D eigenvalue weighted by Gasteiger charge is -1.96. The highest BCUT2D eigenvalue weighted by molar-refractivity contribution is 9.09. The van der Waals surface area contributed by atoms with Gasteiger partial charge in [-0.25, -0.2) is 0 Å². The van der Waals surface area contributed by atoms with Crippen molar-refractivity contribution in [2.45, 2.75) is 20.8 Å². The van der Waals surface area contributed by atoms with Gasteiger partial charge in [0.15, 0.2) is 0 Å². The molecule has 0 saturated carbocycles. The standard InChI is InChI=1S/C7H13Br/c1-6(2)4-7(3)5-8/h4,6H,5H2,1-3H3/b7-4-. The fourth-order valence-corrected chi connectivity index (χ4v) is 0.800. The second-order valence-electron chi connectivity index (χ2n) is 2.39. The van der Waals surface area contributed by atoms with Gasteiger partial charge in [-0.2, -0.15) is 0 Å². The molecule has 0 aromatic carbocycles. The van der Waals surface area contributed by atoms with Gasteiger partial charge in [-0.05, 0) is 12.8 Å². The van der Waals surface area contributed by atoms with Crippen molar-refractivity contribution >= 4 is 15.9 Å². The van der Waals surface area contributed by atoms with Gasteiger partial charge in [-0.3, -0.25) is 0 Å². The highest BCUT2D eigenvalue weighted by Gasteiger charge is 1.87. The summed E-state index contributed by atoms with van der Waals surface area (Å²) in [5.41, 5.74) is 1.42. The monoisotopic (exact) mass is 176 g/mol. The van der Waals surface area contributed by atoms with Crippen molar-refractivity contribution in [1.29, 1.82) is 0 Å². The molecule has 0 radical (unpaired) electrons. The van der Waals surface area contributed by atoms with Crippen LogP contribution in [0.1, 0.15) is 20.8 Å². The Morgan fingerprint density at radius 3 is 2.25 bits per heavy atom. The minimum Gasteiger partial charge on any atom is -0.0880 e. The maximum atomic E-state index is 3.37. The summed E-state index contributed by atoms with van der Waals surface area (Å²) in [5, 5.41) is 1.01. The van der Waals surface area contributed by atoms with Crippen molar-refractivity contribution < 1.29 is 0 Å². The Kier molecular flexibility index (Phi) is 4.25. The molecule has 0 heterocycles. The van der Waals surface area contributed by atoms with E-state index in [0.717, 1.165) is 5.33 Å². The maximum Gasteiger partial charge on any atom is 0.0239 e. The van der Waals surface area contributed by atoms with Crippen LogP contribution in [0.5, 0.6) is 0 Å². The van der Waals surface area contributed by atoms with Crippen LogP contribution in [0.3, 0.4) is 0 Å². The maximum absolute atomic E-state index is 3.37. The van der Waals surface area contributed by atoms with Crippen LogP contribution in [0.2, 0.25) is 0 Å². The van der Waals surface area contributed by atoms with Gasteiger partial charge in [0.25, 0.3) is 0 Å². The van der Waals surface area contributed by atoms with Gasteiger partial charge in [-0.1, -0.05) is 41.4 Å². The molecule has 0 unspecified atom stereocenters. The molecule has 8 heavy (non-hydrogen) atoms. The van der Waals surface area contributed by atoms with Crippen LogP contribution in [-0.2, 0) is 0 Å². The van der Waals surface area contributed by atoms with E-state index < -0.39 is 0 Å². The van der Waals surface area contributed by atoms with E-state index in [0.29, 0.717) is 5.92 Å². The third-order valence-corrected chi connectivity index (χ3v) is 1.71. The molecule has 0 atom stereocenters. The summed E-state index contributed by atoms with van der Waals surface area (Å²) in [4.78, 5) is 0. The Morgan fingerprint density at radius 1 is 1.62 bits per heavy atom. The number of allylic oxidation sites excluding steroid dienone is 2. The lowest BCUT2D eigenvalue weighted by Crippen LogP contribution is -1.82. The van der Waals surface area contributed by atoms with Crippen LogP contribution in [-0.4, -0.2) is 5.33 Å². The summed E-state index contributed by atoms with van der Waals surface area (Å²) in [6, 6.07) is 0. The minimum absolute atomic E-state index is 0.688. The zero-order valence-corrected chi connectivity index (χ0v) is 7.33. The van der Waals surface area contributed by atoms with Crippen molar-refractivity contribution in [1.82, 2.24) is 0 Å². The number of rotatable bonds is 2. The summed E-state index contributed by atoms with van der Waals surface area (Å²) in [7, 11) is 0. The van der Waals surface area contributed by atoms with Crippen LogP contribution in [0.15, 0.2) is 11.6 Å². The smallest absolute Gasteiger partial charge is 0.0239 e. The Morgan fingerprint density at radius 2 is 2.12 bits per heavy atom. The molecule has 1 heteroatoms. The predicted octanol–water partition coefficient (Wildman–Crippen LogP) is 2.98. The lowest BCUT2D eigenvalue weighted by atomic mass is 10.1. The molecule has 0 bridgehead atoms. The summed E-state index contributed by atoms with van der Waals surface area (Å²) < 4.78 is 0. The van der Waals surface area contributed by atoms with E-state index >= 15 is 0 Å². The molecule has 0 aromatic rings. The predicted molar refractivity (Wildman–Crippen MR) is 42.4 cm³/mol. The van der Waals surface area contributed by atoms with Crippen LogP contribution < -0.4 is 0 Å². The highest BCUT2D eigenvalue weighted by atomic mass is 79.9. The second kappa shape index (κ2) is 4.13. The third-order valence-electron chi connectivity index (χ3n) is 0.829. The summed E-state index contributed by atoms with van der Waals surface area (Å²) in [5.74, 6) is 0.688. The average Bonchev–Trinajstić information content (AvgIpc) is 1.65. The van der Waals surface area contributed by atoms with E-state index in [4.69, 9.17) is 0 Å². The van der Waals surface area contributed by atoms with E-state index in [1.807, 2.05) is 0 Å². The molecular formula is C7H13Br. The number of hydrogen-bond donors (Lipinski definition) is 0. The third kappa shape index (κ3) is 4.38. The Balaban J connectivity index is 3.56. The van der Waals surface area contributed by atoms with Gasteiger partial charge < -0.3 is 0 Å². The molecule has 48 valence electrons. The van der Waals surface area contributed by atoms with Crippen molar-refractivity contribution in [3.05, 3.63) is 11.6 Å². The molecule has 0 N–H and O–H groups in total. The van der Waals surface area contributed by atoms with Gasteiger partial charge in [0.1, 0.15) is 0 Å². The van der Waals surface area contributed by atoms with Gasteiger partial charge in [0.2, 0.25) is 0 Å². The molecule has 0 saturated heterocycles. The Labute approximate surface area is 60.1 Å². The van der Waals surface area contributed by atoms with E-state index in [1.165, 1.54) is 5.57 Å². The highest BCUT2D eigenvalue weighted by Crippen LogP contribution is 2.03. The van der Waals surface area contributed by atoms with Crippen molar-refractivity contribution in [3.63, 3.8) is 0 Å². The first-order valence-electron chi connectivity index (χ1n) is 2.90. The van der Waals surface area contributed by atoms with Crippen molar-refractivity contribution in [2.75, 3.05) is 5.33 Å². The van der Waals surface area contributed by atoms with Crippen LogP contribution in [0.4, 0.5) is 0 Å². The number of alkyl halides is 1. The molecule has 0 nitrogen and oxygen atoms in total. The molecule has 0 aliphatic heterocycles. The fourth-order valence-electron chi connectivity index (χ4n) is 0.614. The SMILES string of the molecule is C/C(=C/C(C)C)CBr. The lowest BCUT2D eigenvalue weighted by molar-refractivity contribution is 0.822. The molecule has 0 aromatic heterocycles. The van der Waals surface area contributed by atoms with Crippen LogP contribution in [0.25, 0.3) is 0 Å². The molecule has 0 spiro atoms. The summed E-state index contributed by atoms with van der Waals surface area (Å²) in [6.07, 6.45) is 2.26. The Hall–Kier alpha value is 0.220. The number of halogens is 1. The molecule has 0 aliphatic rings. The first kappa shape index (κ1) is 8.22. The topological polar surface area (TPSA) is 0 Å². The Bertz CT molecular complexity index is 82.4. The normalized spacial score (nSPS) is 12.9. The summed E-state index contributed by atoms with van der Waals surface area (Å²) in [6.45, 7) is 6.51. The summed E-state index contributed by atoms with van der Waals surface area (Å²) >= 11 is 3.37. The molecule has 0 amide bonds. The molecule has 0 rings (SSSR count). The zero-order valence-electron chi connectivity index (χ0n) is 5.74. The first-order chi connectivity index (χ1) is 3.66. The van der Waals surface area contributed by atoms with Gasteiger partial charge in [0.05, 0.1) is 0 Å². The first-order valence-corrected chi connectivity index (χ1v) is 4.02. The second-order valence-corrected chi connectivity index (χ2v) is 2.95. The molecule has 0 fully saturated rings. The fraction of sp³-hybridized carbons (Fsp3) is 0.714. The average molecular weight is 177 g/mol. The van der Waals surface area contributed by atoms with Gasteiger partial charge in [0, 0.05) is 5.33 Å². The van der Waals surface area contributed by atoms with Crippen molar-refractivity contribution in [2.24, 2.45) is 5.92 Å². The number of hydrogen-bond acceptors (Lipinski definition) is 0. The van der Waals surface area contributed by atoms with E-state index in [2.05, 4.69) is 42.8 Å². The molecule has 0 aliphatic carbocycles. The molecular weight excluding hydrogens is 164 g/mol. The van der Waals surface area contributed by atoms with E-state index in [9.17, 15) is 0 Å². The quantitative estimate of drug-likeness (QED) is 0.449. The van der Waals surface area contributed by atoms with E-state index in [-0.39, 0.29) is 0 Å². The zero-order chi connectivity index (χ0) is 6.57.